The van der Waals surface area contributed by atoms with Gasteiger partial charge < -0.3 is 0 Å². The number of carbonyl (C=O) groups excluding carboxylic acids is 1. The zero-order valence-electron chi connectivity index (χ0n) is 10.0. The van der Waals surface area contributed by atoms with Gasteiger partial charge in [0.15, 0.2) is 5.78 Å². The van der Waals surface area contributed by atoms with Gasteiger partial charge in [-0.1, -0.05) is 48.5 Å². The summed E-state index contributed by atoms with van der Waals surface area (Å²) in [6.07, 6.45) is 0. The summed E-state index contributed by atoms with van der Waals surface area (Å²) in [5, 5.41) is 0.753. The number of pyridine rings is 1. The van der Waals surface area contributed by atoms with Gasteiger partial charge in [-0.15, -0.1) is 0 Å². The van der Waals surface area contributed by atoms with Gasteiger partial charge in [0.05, 0.1) is 11.1 Å². The maximum absolute atomic E-state index is 13.9. The van der Waals surface area contributed by atoms with Crippen molar-refractivity contribution in [3.8, 4) is 0 Å². The first-order valence-electron chi connectivity index (χ1n) is 5.91. The van der Waals surface area contributed by atoms with Gasteiger partial charge in [0.1, 0.15) is 0 Å². The molecule has 1 aromatic heterocycles. The zero-order chi connectivity index (χ0) is 13.2. The predicted octanol–water partition coefficient (Wildman–Crippen LogP) is 3.60. The van der Waals surface area contributed by atoms with Gasteiger partial charge in [-0.3, -0.25) is 4.79 Å². The lowest BCUT2D eigenvalue weighted by Crippen LogP contribution is -2.05. The van der Waals surface area contributed by atoms with Gasteiger partial charge in [-0.25, -0.2) is 4.98 Å². The van der Waals surface area contributed by atoms with Crippen LogP contribution in [0.3, 0.4) is 0 Å². The average Bonchev–Trinajstić information content (AvgIpc) is 2.47. The molecule has 0 atom stereocenters. The molecule has 2 nitrogen and oxygen atoms in total. The summed E-state index contributed by atoms with van der Waals surface area (Å²) >= 11 is 0. The lowest BCUT2D eigenvalue weighted by molar-refractivity contribution is 0.103. The third-order valence-electron chi connectivity index (χ3n) is 2.96. The first-order chi connectivity index (χ1) is 9.25. The number of nitrogens with zero attached hydrogens (tertiary/aromatic N) is 1. The second kappa shape index (κ2) is 4.61. The SMILES string of the molecule is O=C(c1ccccc1)c1cc2ccccc2nc1F. The van der Waals surface area contributed by atoms with Crippen molar-refractivity contribution < 1.29 is 9.18 Å². The first-order valence-corrected chi connectivity index (χ1v) is 5.91. The molecule has 3 rings (SSSR count). The van der Waals surface area contributed by atoms with E-state index in [2.05, 4.69) is 4.98 Å². The van der Waals surface area contributed by atoms with Crippen LogP contribution >= 0.6 is 0 Å². The summed E-state index contributed by atoms with van der Waals surface area (Å²) < 4.78 is 13.9. The molecular weight excluding hydrogens is 241 g/mol. The van der Waals surface area contributed by atoms with Crippen molar-refractivity contribution >= 4 is 16.7 Å². The summed E-state index contributed by atoms with van der Waals surface area (Å²) in [6, 6.07) is 17.3. The average molecular weight is 251 g/mol. The number of hydrogen-bond donors (Lipinski definition) is 0. The number of halogens is 1. The van der Waals surface area contributed by atoms with Crippen LogP contribution in [-0.4, -0.2) is 10.8 Å². The Kier molecular flexibility index (Phi) is 2.80. The maximum Gasteiger partial charge on any atom is 0.224 e. The molecule has 0 amide bonds. The Morgan fingerprint density at radius 2 is 1.63 bits per heavy atom. The van der Waals surface area contributed by atoms with E-state index in [1.165, 1.54) is 0 Å². The number of aromatic nitrogens is 1. The fourth-order valence-electron chi connectivity index (χ4n) is 2.00. The highest BCUT2D eigenvalue weighted by molar-refractivity contribution is 6.10. The van der Waals surface area contributed by atoms with Gasteiger partial charge in [0.2, 0.25) is 5.95 Å². The summed E-state index contributed by atoms with van der Waals surface area (Å²) in [6.45, 7) is 0. The van der Waals surface area contributed by atoms with Crippen LogP contribution in [0.4, 0.5) is 4.39 Å². The molecule has 19 heavy (non-hydrogen) atoms. The molecular formula is C16H10FNO. The van der Waals surface area contributed by atoms with Crippen LogP contribution in [0.25, 0.3) is 10.9 Å². The molecule has 0 spiro atoms. The molecule has 0 N–H and O–H groups in total. The van der Waals surface area contributed by atoms with Crippen molar-refractivity contribution in [1.82, 2.24) is 4.98 Å². The smallest absolute Gasteiger partial charge is 0.224 e. The fourth-order valence-corrected chi connectivity index (χ4v) is 2.00. The Morgan fingerprint density at radius 3 is 2.42 bits per heavy atom. The summed E-state index contributed by atoms with van der Waals surface area (Å²) in [5.74, 6) is -1.08. The van der Waals surface area contributed by atoms with Gasteiger partial charge in [-0.05, 0) is 12.1 Å². The van der Waals surface area contributed by atoms with Crippen molar-refractivity contribution in [2.75, 3.05) is 0 Å². The van der Waals surface area contributed by atoms with E-state index in [9.17, 15) is 9.18 Å². The van der Waals surface area contributed by atoms with E-state index in [0.717, 1.165) is 5.39 Å². The predicted molar refractivity (Wildman–Crippen MR) is 71.6 cm³/mol. The Bertz CT molecular complexity index is 753. The van der Waals surface area contributed by atoms with Gasteiger partial charge in [0, 0.05) is 10.9 Å². The van der Waals surface area contributed by atoms with Crippen LogP contribution in [0.5, 0.6) is 0 Å². The van der Waals surface area contributed by atoms with Crippen molar-refractivity contribution in [1.29, 1.82) is 0 Å². The Labute approximate surface area is 109 Å². The lowest BCUT2D eigenvalue weighted by Gasteiger charge is -2.04. The molecule has 0 aliphatic heterocycles. The topological polar surface area (TPSA) is 30.0 Å². The number of carbonyl (C=O) groups is 1. The summed E-state index contributed by atoms with van der Waals surface area (Å²) in [4.78, 5) is 16.1. The molecule has 2 aromatic carbocycles. The van der Waals surface area contributed by atoms with Crippen LogP contribution in [0.1, 0.15) is 15.9 Å². The molecule has 0 radical (unpaired) electrons. The zero-order valence-corrected chi connectivity index (χ0v) is 10.0. The van der Waals surface area contributed by atoms with Crippen LogP contribution < -0.4 is 0 Å². The number of ketones is 1. The monoisotopic (exact) mass is 251 g/mol. The van der Waals surface area contributed by atoms with E-state index in [1.54, 1.807) is 42.5 Å². The standard InChI is InChI=1S/C16H10FNO/c17-16-13(15(19)11-6-2-1-3-7-11)10-12-8-4-5-9-14(12)18-16/h1-10H. The minimum Gasteiger partial charge on any atom is -0.288 e. The van der Waals surface area contributed by atoms with Gasteiger partial charge in [-0.2, -0.15) is 4.39 Å². The fraction of sp³-hybridized carbons (Fsp3) is 0. The maximum atomic E-state index is 13.9. The molecule has 92 valence electrons. The molecule has 3 heteroatoms. The largest absolute Gasteiger partial charge is 0.288 e. The quantitative estimate of drug-likeness (QED) is 0.514. The first kappa shape index (κ1) is 11.5. The summed E-state index contributed by atoms with van der Waals surface area (Å²) in [5.41, 5.74) is 1.01. The molecule has 0 fully saturated rings. The van der Waals surface area contributed by atoms with E-state index in [1.807, 2.05) is 18.2 Å². The highest BCUT2D eigenvalue weighted by Crippen LogP contribution is 2.18. The number of benzene rings is 2. The lowest BCUT2D eigenvalue weighted by atomic mass is 10.0. The minimum absolute atomic E-state index is 0.00454. The minimum atomic E-state index is -0.729. The summed E-state index contributed by atoms with van der Waals surface area (Å²) in [7, 11) is 0. The van der Waals surface area contributed by atoms with E-state index < -0.39 is 5.95 Å². The van der Waals surface area contributed by atoms with Crippen LogP contribution in [0.15, 0.2) is 60.7 Å². The molecule has 0 saturated carbocycles. The highest BCUT2D eigenvalue weighted by Gasteiger charge is 2.15. The molecule has 0 aliphatic rings. The molecule has 0 bridgehead atoms. The van der Waals surface area contributed by atoms with Crippen LogP contribution in [-0.2, 0) is 0 Å². The molecule has 1 heterocycles. The van der Waals surface area contributed by atoms with E-state index in [0.29, 0.717) is 11.1 Å². The molecule has 0 aliphatic carbocycles. The number of hydrogen-bond acceptors (Lipinski definition) is 2. The second-order valence-electron chi connectivity index (χ2n) is 4.21. The van der Waals surface area contributed by atoms with Crippen molar-refractivity contribution in [3.05, 3.63) is 77.7 Å². The number of para-hydroxylation sites is 1. The van der Waals surface area contributed by atoms with Crippen LogP contribution in [0, 0.1) is 5.95 Å². The van der Waals surface area contributed by atoms with Gasteiger partial charge >= 0.3 is 0 Å². The van der Waals surface area contributed by atoms with Crippen molar-refractivity contribution in [2.24, 2.45) is 0 Å². The molecule has 3 aromatic rings. The number of rotatable bonds is 2. The van der Waals surface area contributed by atoms with Crippen molar-refractivity contribution in [2.45, 2.75) is 0 Å². The van der Waals surface area contributed by atoms with Crippen LogP contribution in [0.2, 0.25) is 0 Å². The highest BCUT2D eigenvalue weighted by atomic mass is 19.1. The third kappa shape index (κ3) is 2.10. The van der Waals surface area contributed by atoms with E-state index in [-0.39, 0.29) is 11.3 Å². The van der Waals surface area contributed by atoms with E-state index in [4.69, 9.17) is 0 Å². The Hall–Kier alpha value is -2.55. The molecule has 0 saturated heterocycles. The third-order valence-corrected chi connectivity index (χ3v) is 2.96. The Balaban J connectivity index is 2.15. The van der Waals surface area contributed by atoms with Crippen molar-refractivity contribution in [3.63, 3.8) is 0 Å². The van der Waals surface area contributed by atoms with Gasteiger partial charge in [0.25, 0.3) is 0 Å². The number of fused-ring (bicyclic) bond motifs is 1. The normalized spacial score (nSPS) is 10.6. The molecule has 0 unspecified atom stereocenters. The van der Waals surface area contributed by atoms with E-state index >= 15 is 0 Å². The Morgan fingerprint density at radius 1 is 0.947 bits per heavy atom. The second-order valence-corrected chi connectivity index (χ2v) is 4.21.